The van der Waals surface area contributed by atoms with Gasteiger partial charge in [-0.05, 0) is 37.8 Å². The molecule has 4 nitrogen and oxygen atoms in total. The van der Waals surface area contributed by atoms with E-state index in [1.807, 2.05) is 0 Å². The van der Waals surface area contributed by atoms with Gasteiger partial charge in [-0.2, -0.15) is 0 Å². The van der Waals surface area contributed by atoms with Gasteiger partial charge in [0.25, 0.3) is 0 Å². The molecule has 18 heavy (non-hydrogen) atoms. The minimum atomic E-state index is -2.87. The minimum absolute atomic E-state index is 0.263. The number of piperidine rings is 1. The number of likely N-dealkylation sites (tertiary alicyclic amines) is 1. The molecule has 1 unspecified atom stereocenters. The Morgan fingerprint density at radius 3 is 2.22 bits per heavy atom. The highest BCUT2D eigenvalue weighted by Gasteiger charge is 2.47. The van der Waals surface area contributed by atoms with E-state index in [9.17, 15) is 8.42 Å². The first-order valence-electron chi connectivity index (χ1n) is 7.00. The number of rotatable bonds is 3. The van der Waals surface area contributed by atoms with Crippen molar-refractivity contribution in [1.82, 2.24) is 4.90 Å². The van der Waals surface area contributed by atoms with Crippen LogP contribution < -0.4 is 5.73 Å². The zero-order valence-electron chi connectivity index (χ0n) is 11.6. The molecule has 0 spiro atoms. The van der Waals surface area contributed by atoms with Crippen LogP contribution in [-0.2, 0) is 9.84 Å². The van der Waals surface area contributed by atoms with Gasteiger partial charge >= 0.3 is 0 Å². The third kappa shape index (κ3) is 2.58. The smallest absolute Gasteiger partial charge is 0.152 e. The summed E-state index contributed by atoms with van der Waals surface area (Å²) in [4.78, 5) is 2.36. The first kappa shape index (κ1) is 14.3. The standard InChI is InChI=1S/C13H26N2O2S/c1-3-12(2)4-7-15(8-5-12)13(10-14)6-9-18(16,17)11-13/h3-11,14H2,1-2H3. The van der Waals surface area contributed by atoms with Gasteiger partial charge in [0.05, 0.1) is 11.5 Å². The average molecular weight is 274 g/mol. The predicted octanol–water partition coefficient (Wildman–Crippen LogP) is 1.01. The van der Waals surface area contributed by atoms with E-state index in [1.165, 1.54) is 6.42 Å². The fourth-order valence-corrected chi connectivity index (χ4v) is 5.41. The molecule has 0 aliphatic carbocycles. The monoisotopic (exact) mass is 274 g/mol. The lowest BCUT2D eigenvalue weighted by molar-refractivity contribution is 0.0382. The lowest BCUT2D eigenvalue weighted by Gasteiger charge is -2.47. The third-order valence-electron chi connectivity index (χ3n) is 5.24. The van der Waals surface area contributed by atoms with Crippen molar-refractivity contribution in [2.24, 2.45) is 11.1 Å². The van der Waals surface area contributed by atoms with Gasteiger partial charge < -0.3 is 5.73 Å². The summed E-state index contributed by atoms with van der Waals surface area (Å²) < 4.78 is 23.5. The lowest BCUT2D eigenvalue weighted by Crippen LogP contribution is -2.58. The van der Waals surface area contributed by atoms with Crippen LogP contribution in [-0.4, -0.2) is 50.0 Å². The molecule has 0 amide bonds. The van der Waals surface area contributed by atoms with Gasteiger partial charge in [0, 0.05) is 12.1 Å². The topological polar surface area (TPSA) is 63.4 Å². The Balaban J connectivity index is 2.08. The molecule has 2 rings (SSSR count). The maximum absolute atomic E-state index is 11.7. The molecule has 2 fully saturated rings. The molecule has 5 heteroatoms. The van der Waals surface area contributed by atoms with Crippen molar-refractivity contribution in [2.75, 3.05) is 31.1 Å². The summed E-state index contributed by atoms with van der Waals surface area (Å²) in [6.07, 6.45) is 4.24. The molecule has 0 aromatic rings. The predicted molar refractivity (Wildman–Crippen MR) is 74.3 cm³/mol. The van der Waals surface area contributed by atoms with E-state index in [2.05, 4.69) is 18.7 Å². The molecular formula is C13H26N2O2S. The quantitative estimate of drug-likeness (QED) is 0.834. The lowest BCUT2D eigenvalue weighted by atomic mass is 9.77. The highest BCUT2D eigenvalue weighted by molar-refractivity contribution is 7.91. The first-order chi connectivity index (χ1) is 8.35. The van der Waals surface area contributed by atoms with Crippen LogP contribution in [0.2, 0.25) is 0 Å². The molecule has 0 aromatic heterocycles. The van der Waals surface area contributed by atoms with E-state index in [-0.39, 0.29) is 11.3 Å². The molecule has 0 radical (unpaired) electrons. The summed E-state index contributed by atoms with van der Waals surface area (Å²) in [5.74, 6) is 0.574. The summed E-state index contributed by atoms with van der Waals surface area (Å²) in [6, 6.07) is 0. The van der Waals surface area contributed by atoms with Gasteiger partial charge in [-0.25, -0.2) is 8.42 Å². The van der Waals surface area contributed by atoms with E-state index in [0.29, 0.717) is 24.1 Å². The Bertz CT molecular complexity index is 399. The molecule has 2 N–H and O–H groups in total. The van der Waals surface area contributed by atoms with Gasteiger partial charge in [0.2, 0.25) is 0 Å². The second-order valence-electron chi connectivity index (χ2n) is 6.42. The summed E-state index contributed by atoms with van der Waals surface area (Å²) in [5, 5.41) is 0. The molecule has 2 aliphatic heterocycles. The van der Waals surface area contributed by atoms with Crippen LogP contribution in [0.25, 0.3) is 0 Å². The van der Waals surface area contributed by atoms with Crippen molar-refractivity contribution in [3.63, 3.8) is 0 Å². The van der Waals surface area contributed by atoms with Gasteiger partial charge in [-0.3, -0.25) is 4.90 Å². The van der Waals surface area contributed by atoms with E-state index in [1.54, 1.807) is 0 Å². The van der Waals surface area contributed by atoms with Crippen molar-refractivity contribution in [3.8, 4) is 0 Å². The summed E-state index contributed by atoms with van der Waals surface area (Å²) in [5.41, 5.74) is 6.08. The Morgan fingerprint density at radius 1 is 1.22 bits per heavy atom. The molecule has 0 bridgehead atoms. The fourth-order valence-electron chi connectivity index (χ4n) is 3.31. The van der Waals surface area contributed by atoms with Gasteiger partial charge in [0.1, 0.15) is 0 Å². The Hall–Kier alpha value is -0.130. The Labute approximate surface area is 111 Å². The van der Waals surface area contributed by atoms with Crippen LogP contribution in [0.1, 0.15) is 39.5 Å². The second-order valence-corrected chi connectivity index (χ2v) is 8.61. The molecule has 2 saturated heterocycles. The van der Waals surface area contributed by atoms with Crippen LogP contribution in [0, 0.1) is 5.41 Å². The highest BCUT2D eigenvalue weighted by atomic mass is 32.2. The molecule has 0 saturated carbocycles. The average Bonchev–Trinajstić information content (AvgIpc) is 2.67. The maximum Gasteiger partial charge on any atom is 0.152 e. The molecule has 2 aliphatic rings. The zero-order valence-corrected chi connectivity index (χ0v) is 12.4. The number of nitrogens with two attached hydrogens (primary N) is 1. The SMILES string of the molecule is CCC1(C)CCN(C2(CN)CCS(=O)(=O)C2)CC1. The number of hydrogen-bond donors (Lipinski definition) is 1. The van der Waals surface area contributed by atoms with Crippen molar-refractivity contribution in [3.05, 3.63) is 0 Å². The van der Waals surface area contributed by atoms with Crippen molar-refractivity contribution in [1.29, 1.82) is 0 Å². The minimum Gasteiger partial charge on any atom is -0.329 e. The summed E-state index contributed by atoms with van der Waals surface area (Å²) >= 11 is 0. The fraction of sp³-hybridized carbons (Fsp3) is 1.00. The Morgan fingerprint density at radius 2 is 1.83 bits per heavy atom. The highest BCUT2D eigenvalue weighted by Crippen LogP contribution is 2.38. The number of sulfone groups is 1. The molecule has 106 valence electrons. The van der Waals surface area contributed by atoms with E-state index in [4.69, 9.17) is 5.73 Å². The van der Waals surface area contributed by atoms with Crippen LogP contribution in [0.3, 0.4) is 0 Å². The summed E-state index contributed by atoms with van der Waals surface area (Å²) in [7, 11) is -2.87. The molecule has 1 atom stereocenters. The van der Waals surface area contributed by atoms with Crippen LogP contribution in [0.4, 0.5) is 0 Å². The van der Waals surface area contributed by atoms with E-state index >= 15 is 0 Å². The van der Waals surface area contributed by atoms with Gasteiger partial charge in [-0.1, -0.05) is 20.3 Å². The van der Waals surface area contributed by atoms with Gasteiger partial charge in [-0.15, -0.1) is 0 Å². The summed E-state index contributed by atoms with van der Waals surface area (Å²) in [6.45, 7) is 7.04. The molecule has 2 heterocycles. The Kier molecular flexibility index (Phi) is 3.78. The largest absolute Gasteiger partial charge is 0.329 e. The van der Waals surface area contributed by atoms with Gasteiger partial charge in [0.15, 0.2) is 9.84 Å². The normalized spacial score (nSPS) is 35.7. The van der Waals surface area contributed by atoms with Crippen LogP contribution in [0.15, 0.2) is 0 Å². The van der Waals surface area contributed by atoms with Crippen molar-refractivity contribution in [2.45, 2.75) is 45.1 Å². The zero-order chi connectivity index (χ0) is 13.4. The van der Waals surface area contributed by atoms with Crippen molar-refractivity contribution >= 4 is 9.84 Å². The van der Waals surface area contributed by atoms with Crippen molar-refractivity contribution < 1.29 is 8.42 Å². The van der Waals surface area contributed by atoms with Crippen LogP contribution in [0.5, 0.6) is 0 Å². The number of nitrogens with zero attached hydrogens (tertiary/aromatic N) is 1. The molecular weight excluding hydrogens is 248 g/mol. The third-order valence-corrected chi connectivity index (χ3v) is 7.05. The molecule has 0 aromatic carbocycles. The van der Waals surface area contributed by atoms with E-state index in [0.717, 1.165) is 25.9 Å². The first-order valence-corrected chi connectivity index (χ1v) is 8.82. The second kappa shape index (κ2) is 4.76. The van der Waals surface area contributed by atoms with Crippen LogP contribution >= 0.6 is 0 Å². The number of hydrogen-bond acceptors (Lipinski definition) is 4. The van der Waals surface area contributed by atoms with E-state index < -0.39 is 9.84 Å². The maximum atomic E-state index is 11.7.